The van der Waals surface area contributed by atoms with Crippen LogP contribution in [0.2, 0.25) is 0 Å². The molecule has 0 aromatic carbocycles. The minimum Gasteiger partial charge on any atom is -0.490 e. The van der Waals surface area contributed by atoms with E-state index >= 15 is 0 Å². The van der Waals surface area contributed by atoms with E-state index in [1.165, 1.54) is 44.8 Å². The van der Waals surface area contributed by atoms with Gasteiger partial charge in [-0.3, -0.25) is 9.78 Å². The molecule has 1 saturated heterocycles. The zero-order valence-electron chi connectivity index (χ0n) is 17.8. The van der Waals surface area contributed by atoms with Crippen LogP contribution in [0.4, 0.5) is 0 Å². The quantitative estimate of drug-likeness (QED) is 0.457. The molecule has 3 fully saturated rings. The maximum absolute atomic E-state index is 12.9. The Morgan fingerprint density at radius 3 is 2.60 bits per heavy atom. The minimum absolute atomic E-state index is 0.0525. The lowest BCUT2D eigenvalue weighted by Crippen LogP contribution is -2.77. The molecule has 166 valence electrons. The molecule has 1 spiro atoms. The Bertz CT molecular complexity index is 745. The number of carbonyl (C=O) groups is 1. The first kappa shape index (κ1) is 21.5. The van der Waals surface area contributed by atoms with Gasteiger partial charge in [0.2, 0.25) is 0 Å². The normalized spacial score (nSPS) is 27.9. The first-order valence-corrected chi connectivity index (χ1v) is 10.7. The maximum Gasteiger partial charge on any atom is 0.259 e. The fraction of sp³-hybridized carbons (Fsp3) is 0.727. The molecule has 1 amide bonds. The molecule has 2 aliphatic carbocycles. The average molecular weight is 421 g/mol. The van der Waals surface area contributed by atoms with Crippen LogP contribution in [-0.2, 0) is 25.4 Å². The lowest BCUT2D eigenvalue weighted by Gasteiger charge is -2.54. The van der Waals surface area contributed by atoms with E-state index in [2.05, 4.69) is 4.98 Å². The molecule has 3 aliphatic rings. The third kappa shape index (κ3) is 4.06. The van der Waals surface area contributed by atoms with Gasteiger partial charge in [-0.1, -0.05) is 0 Å². The second-order valence-electron chi connectivity index (χ2n) is 8.81. The van der Waals surface area contributed by atoms with Gasteiger partial charge in [-0.05, 0) is 50.0 Å². The third-order valence-corrected chi connectivity index (χ3v) is 6.90. The SMILES string of the molecule is COCO[C@@]1(Cc2cc(OC3CCC4(CC3)CC4)ccn2)C(=O)N(COC)[C@H]1CO. The summed E-state index contributed by atoms with van der Waals surface area (Å²) in [6.45, 7) is -0.191. The van der Waals surface area contributed by atoms with Crippen molar-refractivity contribution < 1.29 is 28.8 Å². The number of carbonyl (C=O) groups excluding carboxylic acids is 1. The highest BCUT2D eigenvalue weighted by Gasteiger charge is 2.62. The molecule has 1 aromatic heterocycles. The Morgan fingerprint density at radius 2 is 1.97 bits per heavy atom. The van der Waals surface area contributed by atoms with Gasteiger partial charge in [-0.2, -0.15) is 0 Å². The summed E-state index contributed by atoms with van der Waals surface area (Å²) in [5.41, 5.74) is 0.0895. The van der Waals surface area contributed by atoms with Crippen LogP contribution in [0.5, 0.6) is 5.75 Å². The van der Waals surface area contributed by atoms with E-state index in [4.69, 9.17) is 18.9 Å². The first-order chi connectivity index (χ1) is 14.6. The molecule has 0 bridgehead atoms. The van der Waals surface area contributed by atoms with Crippen LogP contribution in [0.25, 0.3) is 0 Å². The topological polar surface area (TPSA) is 90.4 Å². The van der Waals surface area contributed by atoms with Gasteiger partial charge in [0.1, 0.15) is 19.3 Å². The number of aliphatic hydroxyl groups is 1. The first-order valence-electron chi connectivity index (χ1n) is 10.7. The van der Waals surface area contributed by atoms with E-state index in [0.717, 1.165) is 18.6 Å². The van der Waals surface area contributed by atoms with Gasteiger partial charge in [0.05, 0.1) is 18.8 Å². The predicted octanol–water partition coefficient (Wildman–Crippen LogP) is 1.89. The summed E-state index contributed by atoms with van der Waals surface area (Å²) in [6, 6.07) is 3.21. The summed E-state index contributed by atoms with van der Waals surface area (Å²) in [5, 5.41) is 9.92. The smallest absolute Gasteiger partial charge is 0.259 e. The summed E-state index contributed by atoms with van der Waals surface area (Å²) < 4.78 is 22.2. The number of hydrogen-bond acceptors (Lipinski definition) is 7. The van der Waals surface area contributed by atoms with Crippen LogP contribution in [-0.4, -0.2) is 73.0 Å². The molecule has 2 saturated carbocycles. The van der Waals surface area contributed by atoms with Gasteiger partial charge in [0.25, 0.3) is 5.91 Å². The third-order valence-electron chi connectivity index (χ3n) is 6.90. The molecule has 1 aromatic rings. The molecule has 1 N–H and O–H groups in total. The van der Waals surface area contributed by atoms with Crippen LogP contribution in [0, 0.1) is 5.41 Å². The largest absolute Gasteiger partial charge is 0.490 e. The van der Waals surface area contributed by atoms with Gasteiger partial charge in [0, 0.05) is 38.6 Å². The van der Waals surface area contributed by atoms with Gasteiger partial charge in [0.15, 0.2) is 5.60 Å². The number of amides is 1. The second kappa shape index (κ2) is 8.78. The molecular weight excluding hydrogens is 388 g/mol. The second-order valence-corrected chi connectivity index (χ2v) is 8.81. The van der Waals surface area contributed by atoms with Crippen molar-refractivity contribution >= 4 is 5.91 Å². The highest BCUT2D eigenvalue weighted by atomic mass is 16.7. The Kier molecular flexibility index (Phi) is 6.29. The van der Waals surface area contributed by atoms with E-state index in [0.29, 0.717) is 11.1 Å². The predicted molar refractivity (Wildman–Crippen MR) is 108 cm³/mol. The molecule has 8 nitrogen and oxygen atoms in total. The molecule has 1 aliphatic heterocycles. The summed E-state index contributed by atoms with van der Waals surface area (Å²) in [7, 11) is 3.01. The Morgan fingerprint density at radius 1 is 1.20 bits per heavy atom. The Balaban J connectivity index is 1.45. The van der Waals surface area contributed by atoms with Crippen LogP contribution in [0.3, 0.4) is 0 Å². The van der Waals surface area contributed by atoms with Gasteiger partial charge in [-0.25, -0.2) is 0 Å². The highest BCUT2D eigenvalue weighted by Crippen LogP contribution is 2.56. The number of hydrogen-bond donors (Lipinski definition) is 1. The van der Waals surface area contributed by atoms with Crippen molar-refractivity contribution in [1.29, 1.82) is 0 Å². The number of nitrogens with zero attached hydrogens (tertiary/aromatic N) is 2. The van der Waals surface area contributed by atoms with Gasteiger partial charge >= 0.3 is 0 Å². The maximum atomic E-state index is 12.9. The monoisotopic (exact) mass is 420 g/mol. The molecule has 0 radical (unpaired) electrons. The molecule has 0 unspecified atom stereocenters. The number of methoxy groups -OCH3 is 2. The van der Waals surface area contributed by atoms with Crippen LogP contribution in [0.15, 0.2) is 18.3 Å². The van der Waals surface area contributed by atoms with Crippen molar-refractivity contribution in [3.63, 3.8) is 0 Å². The minimum atomic E-state index is -1.22. The van der Waals surface area contributed by atoms with Crippen molar-refractivity contribution in [3.8, 4) is 5.75 Å². The van der Waals surface area contributed by atoms with E-state index < -0.39 is 11.6 Å². The number of aromatic nitrogens is 1. The standard InChI is InChI=1S/C22H32N2O6/c1-27-14-24-19(13-25)22(20(24)26,29-15-28-2)12-16-11-18(5-10-23-16)30-17-3-6-21(7-4-17)8-9-21/h5,10-11,17,19,25H,3-4,6-9,12-15H2,1-2H3/t19-,22+/m0/s1. The fourth-order valence-corrected chi connectivity index (χ4v) is 4.90. The number of ether oxygens (including phenoxy) is 4. The van der Waals surface area contributed by atoms with Crippen LogP contribution in [0.1, 0.15) is 44.2 Å². The van der Waals surface area contributed by atoms with Crippen molar-refractivity contribution in [2.45, 2.75) is 62.7 Å². The number of β-lactam (4-membered cyclic amide) rings is 1. The number of aliphatic hydroxyl groups excluding tert-OH is 1. The fourth-order valence-electron chi connectivity index (χ4n) is 4.90. The molecule has 2 atom stereocenters. The average Bonchev–Trinajstić information content (AvgIpc) is 3.52. The number of pyridine rings is 1. The zero-order valence-corrected chi connectivity index (χ0v) is 17.8. The van der Waals surface area contributed by atoms with Crippen molar-refractivity contribution in [1.82, 2.24) is 9.88 Å². The Hall–Kier alpha value is -1.74. The summed E-state index contributed by atoms with van der Waals surface area (Å²) in [5.74, 6) is 0.523. The van der Waals surface area contributed by atoms with Crippen LogP contribution >= 0.6 is 0 Å². The summed E-state index contributed by atoms with van der Waals surface area (Å²) in [6.07, 6.45) is 9.61. The van der Waals surface area contributed by atoms with Crippen LogP contribution < -0.4 is 4.74 Å². The Labute approximate surface area is 177 Å². The van der Waals surface area contributed by atoms with Gasteiger partial charge < -0.3 is 29.0 Å². The van der Waals surface area contributed by atoms with E-state index in [1.807, 2.05) is 12.1 Å². The van der Waals surface area contributed by atoms with Gasteiger partial charge in [-0.15, -0.1) is 0 Å². The molecular formula is C22H32N2O6. The van der Waals surface area contributed by atoms with E-state index in [-0.39, 0.29) is 38.6 Å². The van der Waals surface area contributed by atoms with E-state index in [1.54, 1.807) is 6.20 Å². The number of likely N-dealkylation sites (tertiary alicyclic amines) is 1. The van der Waals surface area contributed by atoms with E-state index in [9.17, 15) is 9.90 Å². The lowest BCUT2D eigenvalue weighted by atomic mass is 9.79. The molecule has 8 heteroatoms. The molecule has 4 rings (SSSR count). The zero-order chi connectivity index (χ0) is 21.2. The lowest BCUT2D eigenvalue weighted by molar-refractivity contribution is -0.237. The summed E-state index contributed by atoms with van der Waals surface area (Å²) >= 11 is 0. The summed E-state index contributed by atoms with van der Waals surface area (Å²) in [4.78, 5) is 18.8. The molecule has 2 heterocycles. The van der Waals surface area contributed by atoms with Crippen molar-refractivity contribution in [2.75, 3.05) is 34.4 Å². The highest BCUT2D eigenvalue weighted by molar-refractivity contribution is 5.93. The van der Waals surface area contributed by atoms with Crippen molar-refractivity contribution in [2.24, 2.45) is 5.41 Å². The van der Waals surface area contributed by atoms with Crippen molar-refractivity contribution in [3.05, 3.63) is 24.0 Å². The molecule has 30 heavy (non-hydrogen) atoms. The number of rotatable bonds is 10.